The molecule has 0 aromatic heterocycles. The Labute approximate surface area is 136 Å². The molecule has 0 saturated heterocycles. The fourth-order valence-electron chi connectivity index (χ4n) is 2.19. The molecule has 6 heteroatoms. The predicted octanol–water partition coefficient (Wildman–Crippen LogP) is 2.47. The fraction of sp³-hybridized carbons (Fsp3) is 0.235. The molecule has 0 aliphatic rings. The van der Waals surface area contributed by atoms with Gasteiger partial charge in [0.1, 0.15) is 0 Å². The van der Waals surface area contributed by atoms with Gasteiger partial charge >= 0.3 is 0 Å². The van der Waals surface area contributed by atoms with Gasteiger partial charge in [-0.15, -0.1) is 0 Å². The molecule has 122 valence electrons. The normalized spacial score (nSPS) is 11.2. The number of carbonyl (C=O) groups excluding carboxylic acids is 1. The van der Waals surface area contributed by atoms with Gasteiger partial charge in [0.25, 0.3) is 0 Å². The molecule has 1 amide bonds. The fourth-order valence-corrected chi connectivity index (χ4v) is 3.31. The van der Waals surface area contributed by atoms with Crippen molar-refractivity contribution in [1.29, 1.82) is 0 Å². The number of hydrogen-bond donors (Lipinski definition) is 2. The van der Waals surface area contributed by atoms with Crippen LogP contribution in [0.3, 0.4) is 0 Å². The van der Waals surface area contributed by atoms with E-state index in [9.17, 15) is 13.2 Å². The summed E-state index contributed by atoms with van der Waals surface area (Å²) in [6.07, 6.45) is 0.628. The highest BCUT2D eigenvalue weighted by Crippen LogP contribution is 2.19. The molecule has 0 fully saturated rings. The quantitative estimate of drug-likeness (QED) is 0.853. The molecule has 0 radical (unpaired) electrons. The molecule has 0 unspecified atom stereocenters. The Morgan fingerprint density at radius 1 is 1.09 bits per heavy atom. The summed E-state index contributed by atoms with van der Waals surface area (Å²) in [5, 5.41) is 2.66. The number of aryl methyl sites for hydroxylation is 1. The molecule has 2 N–H and O–H groups in total. The second-order valence-electron chi connectivity index (χ2n) is 5.29. The molecule has 0 bridgehead atoms. The Morgan fingerprint density at radius 2 is 1.78 bits per heavy atom. The second kappa shape index (κ2) is 7.39. The van der Waals surface area contributed by atoms with Crippen LogP contribution in [0, 0.1) is 6.92 Å². The molecule has 2 aromatic rings. The van der Waals surface area contributed by atoms with Crippen molar-refractivity contribution in [3.63, 3.8) is 0 Å². The summed E-state index contributed by atoms with van der Waals surface area (Å²) in [6, 6.07) is 14.3. The van der Waals surface area contributed by atoms with Gasteiger partial charge < -0.3 is 5.32 Å². The number of anilines is 1. The molecular formula is C17H20N2O3S. The Bertz CT molecular complexity index is 787. The third kappa shape index (κ3) is 4.91. The van der Waals surface area contributed by atoms with Gasteiger partial charge in [0.15, 0.2) is 0 Å². The van der Waals surface area contributed by atoms with Crippen molar-refractivity contribution in [2.24, 2.45) is 0 Å². The summed E-state index contributed by atoms with van der Waals surface area (Å²) < 4.78 is 27.2. The first-order valence-corrected chi connectivity index (χ1v) is 8.78. The maximum absolute atomic E-state index is 12.3. The van der Waals surface area contributed by atoms with Crippen LogP contribution in [0.1, 0.15) is 18.1 Å². The highest BCUT2D eigenvalue weighted by Gasteiger charge is 2.14. The van der Waals surface area contributed by atoms with Crippen molar-refractivity contribution in [2.45, 2.75) is 25.2 Å². The summed E-state index contributed by atoms with van der Waals surface area (Å²) in [5.41, 5.74) is 2.39. The molecule has 2 aromatic carbocycles. The van der Waals surface area contributed by atoms with E-state index in [0.29, 0.717) is 24.2 Å². The van der Waals surface area contributed by atoms with E-state index in [1.54, 1.807) is 19.1 Å². The lowest BCUT2D eigenvalue weighted by molar-refractivity contribution is -0.114. The van der Waals surface area contributed by atoms with Gasteiger partial charge in [-0.2, -0.15) is 0 Å². The van der Waals surface area contributed by atoms with Crippen LogP contribution in [-0.2, 0) is 21.2 Å². The zero-order valence-electron chi connectivity index (χ0n) is 13.2. The average molecular weight is 332 g/mol. The molecule has 0 aliphatic carbocycles. The Morgan fingerprint density at radius 3 is 2.39 bits per heavy atom. The topological polar surface area (TPSA) is 75.3 Å². The van der Waals surface area contributed by atoms with Crippen LogP contribution in [-0.4, -0.2) is 20.9 Å². The molecule has 0 saturated carbocycles. The van der Waals surface area contributed by atoms with E-state index >= 15 is 0 Å². The van der Waals surface area contributed by atoms with E-state index in [-0.39, 0.29) is 10.8 Å². The van der Waals surface area contributed by atoms with Gasteiger partial charge in [-0.1, -0.05) is 30.3 Å². The smallest absolute Gasteiger partial charge is 0.240 e. The largest absolute Gasteiger partial charge is 0.326 e. The summed E-state index contributed by atoms with van der Waals surface area (Å²) in [7, 11) is -3.56. The van der Waals surface area contributed by atoms with Crippen LogP contribution >= 0.6 is 0 Å². The summed E-state index contributed by atoms with van der Waals surface area (Å²) in [5.74, 6) is -0.190. The SMILES string of the molecule is CC(=O)Nc1ccc(S(=O)(=O)NCCc2ccccc2)cc1C. The molecule has 0 spiro atoms. The van der Waals surface area contributed by atoms with Gasteiger partial charge in [-0.3, -0.25) is 4.79 Å². The Balaban J connectivity index is 2.04. The number of rotatable bonds is 6. The van der Waals surface area contributed by atoms with Crippen molar-refractivity contribution >= 4 is 21.6 Å². The monoisotopic (exact) mass is 332 g/mol. The Hall–Kier alpha value is -2.18. The lowest BCUT2D eigenvalue weighted by Crippen LogP contribution is -2.26. The molecular weight excluding hydrogens is 312 g/mol. The van der Waals surface area contributed by atoms with Crippen molar-refractivity contribution in [1.82, 2.24) is 4.72 Å². The molecule has 2 rings (SSSR count). The van der Waals surface area contributed by atoms with E-state index in [2.05, 4.69) is 10.0 Å². The van der Waals surface area contributed by atoms with Gasteiger partial charge in [0, 0.05) is 19.2 Å². The van der Waals surface area contributed by atoms with E-state index in [0.717, 1.165) is 5.56 Å². The van der Waals surface area contributed by atoms with Crippen molar-refractivity contribution in [2.75, 3.05) is 11.9 Å². The van der Waals surface area contributed by atoms with Crippen LogP contribution < -0.4 is 10.0 Å². The molecule has 5 nitrogen and oxygen atoms in total. The van der Waals surface area contributed by atoms with E-state index < -0.39 is 10.0 Å². The third-order valence-corrected chi connectivity index (χ3v) is 4.83. The summed E-state index contributed by atoms with van der Waals surface area (Å²) in [6.45, 7) is 3.50. The zero-order chi connectivity index (χ0) is 16.9. The molecule has 0 atom stereocenters. The van der Waals surface area contributed by atoms with Crippen molar-refractivity contribution < 1.29 is 13.2 Å². The second-order valence-corrected chi connectivity index (χ2v) is 7.06. The number of carbonyl (C=O) groups is 1. The van der Waals surface area contributed by atoms with Gasteiger partial charge in [0.05, 0.1) is 4.90 Å². The van der Waals surface area contributed by atoms with Gasteiger partial charge in [-0.25, -0.2) is 13.1 Å². The van der Waals surface area contributed by atoms with Crippen LogP contribution in [0.25, 0.3) is 0 Å². The van der Waals surface area contributed by atoms with E-state index in [4.69, 9.17) is 0 Å². The number of hydrogen-bond acceptors (Lipinski definition) is 3. The first kappa shape index (κ1) is 17.2. The standard InChI is InChI=1S/C17H20N2O3S/c1-13-12-16(8-9-17(13)19-14(2)20)23(21,22)18-11-10-15-6-4-3-5-7-15/h3-9,12,18H,10-11H2,1-2H3,(H,19,20). The molecule has 0 heterocycles. The lowest BCUT2D eigenvalue weighted by Gasteiger charge is -2.10. The minimum absolute atomic E-state index is 0.190. The molecule has 23 heavy (non-hydrogen) atoms. The molecule has 0 aliphatic heterocycles. The van der Waals surface area contributed by atoms with Crippen LogP contribution in [0.5, 0.6) is 0 Å². The van der Waals surface area contributed by atoms with Crippen molar-refractivity contribution in [3.8, 4) is 0 Å². The first-order chi connectivity index (χ1) is 10.9. The number of amides is 1. The highest BCUT2D eigenvalue weighted by atomic mass is 32.2. The number of nitrogens with one attached hydrogen (secondary N) is 2. The van der Waals surface area contributed by atoms with Crippen LogP contribution in [0.4, 0.5) is 5.69 Å². The predicted molar refractivity (Wildman–Crippen MR) is 90.8 cm³/mol. The highest BCUT2D eigenvalue weighted by molar-refractivity contribution is 7.89. The number of benzene rings is 2. The van der Waals surface area contributed by atoms with Gasteiger partial charge in [-0.05, 0) is 42.7 Å². The Kier molecular flexibility index (Phi) is 5.52. The minimum atomic E-state index is -3.56. The minimum Gasteiger partial charge on any atom is -0.326 e. The maximum Gasteiger partial charge on any atom is 0.240 e. The summed E-state index contributed by atoms with van der Waals surface area (Å²) >= 11 is 0. The average Bonchev–Trinajstić information content (AvgIpc) is 2.49. The van der Waals surface area contributed by atoms with E-state index in [1.165, 1.54) is 13.0 Å². The summed E-state index contributed by atoms with van der Waals surface area (Å²) in [4.78, 5) is 11.3. The van der Waals surface area contributed by atoms with Crippen LogP contribution in [0.2, 0.25) is 0 Å². The van der Waals surface area contributed by atoms with E-state index in [1.807, 2.05) is 30.3 Å². The zero-order valence-corrected chi connectivity index (χ0v) is 14.0. The first-order valence-electron chi connectivity index (χ1n) is 7.30. The van der Waals surface area contributed by atoms with Crippen LogP contribution in [0.15, 0.2) is 53.4 Å². The lowest BCUT2D eigenvalue weighted by atomic mass is 10.2. The maximum atomic E-state index is 12.3. The third-order valence-electron chi connectivity index (χ3n) is 3.37. The van der Waals surface area contributed by atoms with Gasteiger partial charge in [0.2, 0.25) is 15.9 Å². The number of sulfonamides is 1. The van der Waals surface area contributed by atoms with Crippen molar-refractivity contribution in [3.05, 3.63) is 59.7 Å².